The Morgan fingerprint density at radius 1 is 0.889 bits per heavy atom. The van der Waals surface area contributed by atoms with Crippen LogP contribution in [0.5, 0.6) is 11.5 Å². The zero-order chi connectivity index (χ0) is 24.6. The summed E-state index contributed by atoms with van der Waals surface area (Å²) in [5.41, 5.74) is 9.61. The van der Waals surface area contributed by atoms with Crippen LogP contribution >= 0.6 is 0 Å². The van der Waals surface area contributed by atoms with Gasteiger partial charge in [-0.05, 0) is 71.5 Å². The summed E-state index contributed by atoms with van der Waals surface area (Å²) in [5.74, 6) is 0.822. The third-order valence-electron chi connectivity index (χ3n) is 7.78. The fourth-order valence-corrected chi connectivity index (χ4v) is 5.89. The molecule has 0 aromatic heterocycles. The Morgan fingerprint density at radius 2 is 1.56 bits per heavy atom. The standard InChI is InChI=1S/C32H32N2O2/c1-33-16-15-25-18-29(36-2)32(35)31-27-19-26(14-13-24(27)17-28(33)30(25)31)34(20-22-9-5-3-6-10-22)21-23-11-7-4-8-12-23/h3-14,18-19,28,35H,15-17,20-21H2,1-2H3/t28-/m1/s1. The Morgan fingerprint density at radius 3 is 2.19 bits per heavy atom. The molecule has 0 unspecified atom stereocenters. The van der Waals surface area contributed by atoms with E-state index in [1.165, 1.54) is 27.8 Å². The smallest absolute Gasteiger partial charge is 0.166 e. The number of likely N-dealkylation sites (N-methyl/N-ethyl adjacent to an activating group) is 1. The number of hydrogen-bond donors (Lipinski definition) is 1. The molecule has 6 rings (SSSR count). The summed E-state index contributed by atoms with van der Waals surface area (Å²) in [4.78, 5) is 4.85. The zero-order valence-corrected chi connectivity index (χ0v) is 20.9. The monoisotopic (exact) mass is 476 g/mol. The van der Waals surface area contributed by atoms with Crippen molar-refractivity contribution in [2.45, 2.75) is 32.0 Å². The summed E-state index contributed by atoms with van der Waals surface area (Å²) in [6.45, 7) is 2.63. The second kappa shape index (κ2) is 9.36. The first kappa shape index (κ1) is 22.7. The van der Waals surface area contributed by atoms with Crippen molar-refractivity contribution in [1.29, 1.82) is 0 Å². The molecule has 0 amide bonds. The first-order chi connectivity index (χ1) is 17.6. The number of rotatable bonds is 6. The topological polar surface area (TPSA) is 35.9 Å². The van der Waals surface area contributed by atoms with Gasteiger partial charge < -0.3 is 14.7 Å². The van der Waals surface area contributed by atoms with Gasteiger partial charge in [0.25, 0.3) is 0 Å². The quantitative estimate of drug-likeness (QED) is 0.351. The molecule has 4 nitrogen and oxygen atoms in total. The molecule has 2 aliphatic rings. The predicted molar refractivity (Wildman–Crippen MR) is 146 cm³/mol. The van der Waals surface area contributed by atoms with E-state index in [0.29, 0.717) is 5.75 Å². The number of phenolic OH excluding ortho intramolecular Hbond substituents is 1. The molecule has 1 aliphatic carbocycles. The molecule has 0 saturated carbocycles. The minimum absolute atomic E-state index is 0.257. The number of aromatic hydroxyl groups is 1. The molecule has 0 fully saturated rings. The van der Waals surface area contributed by atoms with Gasteiger partial charge in [-0.15, -0.1) is 0 Å². The van der Waals surface area contributed by atoms with E-state index in [0.717, 1.165) is 49.3 Å². The Labute approximate surface area is 213 Å². The van der Waals surface area contributed by atoms with Gasteiger partial charge in [0, 0.05) is 36.9 Å². The summed E-state index contributed by atoms with van der Waals surface area (Å²) in [7, 11) is 3.84. The van der Waals surface area contributed by atoms with E-state index >= 15 is 0 Å². The SMILES string of the molecule is COc1cc2c3c(c1O)-c1cc(N(Cc4ccccc4)Cc4ccccc4)ccc1C[C@H]3N(C)CC2. The molecular weight excluding hydrogens is 444 g/mol. The summed E-state index contributed by atoms with van der Waals surface area (Å²) in [5, 5.41) is 11.4. The molecule has 0 spiro atoms. The van der Waals surface area contributed by atoms with E-state index in [1.54, 1.807) is 7.11 Å². The van der Waals surface area contributed by atoms with Crippen molar-refractivity contribution in [1.82, 2.24) is 4.90 Å². The molecule has 1 aliphatic heterocycles. The maximum absolute atomic E-state index is 11.4. The molecule has 0 saturated heterocycles. The fraction of sp³-hybridized carbons (Fsp3) is 0.250. The summed E-state index contributed by atoms with van der Waals surface area (Å²) in [6, 6.07) is 30.3. The number of nitrogens with zero attached hydrogens (tertiary/aromatic N) is 2. The molecule has 36 heavy (non-hydrogen) atoms. The van der Waals surface area contributed by atoms with Crippen LogP contribution in [0.15, 0.2) is 84.9 Å². The molecule has 182 valence electrons. The third-order valence-corrected chi connectivity index (χ3v) is 7.78. The van der Waals surface area contributed by atoms with Crippen molar-refractivity contribution in [3.63, 3.8) is 0 Å². The highest BCUT2D eigenvalue weighted by Gasteiger charge is 2.36. The lowest BCUT2D eigenvalue weighted by Crippen LogP contribution is -2.35. The molecule has 0 radical (unpaired) electrons. The van der Waals surface area contributed by atoms with Crippen molar-refractivity contribution < 1.29 is 9.84 Å². The average Bonchev–Trinajstić information content (AvgIpc) is 2.92. The summed E-state index contributed by atoms with van der Waals surface area (Å²) in [6.07, 6.45) is 1.92. The largest absolute Gasteiger partial charge is 0.504 e. The van der Waals surface area contributed by atoms with Gasteiger partial charge >= 0.3 is 0 Å². The fourth-order valence-electron chi connectivity index (χ4n) is 5.89. The van der Waals surface area contributed by atoms with Gasteiger partial charge in [-0.2, -0.15) is 0 Å². The lowest BCUT2D eigenvalue weighted by molar-refractivity contribution is 0.227. The van der Waals surface area contributed by atoms with Crippen molar-refractivity contribution in [2.24, 2.45) is 0 Å². The van der Waals surface area contributed by atoms with Gasteiger partial charge in [0.2, 0.25) is 0 Å². The number of benzene rings is 4. The molecule has 4 aromatic rings. The predicted octanol–water partition coefficient (Wildman–Crippen LogP) is 6.36. The van der Waals surface area contributed by atoms with E-state index in [1.807, 2.05) is 6.07 Å². The van der Waals surface area contributed by atoms with Gasteiger partial charge in [0.05, 0.1) is 7.11 Å². The number of ether oxygens (including phenoxy) is 1. The number of fused-ring (bicyclic) bond motifs is 2. The van der Waals surface area contributed by atoms with Gasteiger partial charge in [0.15, 0.2) is 11.5 Å². The van der Waals surface area contributed by atoms with Crippen molar-refractivity contribution in [3.05, 3.63) is 113 Å². The number of phenols is 1. The van der Waals surface area contributed by atoms with Crippen LogP contribution in [-0.4, -0.2) is 30.7 Å². The van der Waals surface area contributed by atoms with Crippen LogP contribution in [0.4, 0.5) is 5.69 Å². The molecule has 1 heterocycles. The van der Waals surface area contributed by atoms with Crippen LogP contribution in [0.3, 0.4) is 0 Å². The van der Waals surface area contributed by atoms with Crippen molar-refractivity contribution in [3.8, 4) is 22.6 Å². The average molecular weight is 477 g/mol. The number of methoxy groups -OCH3 is 1. The van der Waals surface area contributed by atoms with Crippen LogP contribution in [0, 0.1) is 0 Å². The minimum atomic E-state index is 0.257. The Balaban J connectivity index is 1.47. The Bertz CT molecular complexity index is 1340. The zero-order valence-electron chi connectivity index (χ0n) is 20.9. The number of hydrogen-bond acceptors (Lipinski definition) is 4. The second-order valence-electron chi connectivity index (χ2n) is 9.99. The van der Waals surface area contributed by atoms with Crippen molar-refractivity contribution >= 4 is 5.69 Å². The molecule has 1 N–H and O–H groups in total. The lowest BCUT2D eigenvalue weighted by atomic mass is 9.76. The van der Waals surface area contributed by atoms with Gasteiger partial charge in [-0.1, -0.05) is 66.7 Å². The lowest BCUT2D eigenvalue weighted by Gasteiger charge is -2.40. The van der Waals surface area contributed by atoms with E-state index in [2.05, 4.69) is 95.7 Å². The highest BCUT2D eigenvalue weighted by atomic mass is 16.5. The summed E-state index contributed by atoms with van der Waals surface area (Å²) < 4.78 is 5.62. The van der Waals surface area contributed by atoms with Crippen LogP contribution in [0.25, 0.3) is 11.1 Å². The first-order valence-corrected chi connectivity index (χ1v) is 12.7. The van der Waals surface area contributed by atoms with E-state index < -0.39 is 0 Å². The first-order valence-electron chi connectivity index (χ1n) is 12.7. The second-order valence-corrected chi connectivity index (χ2v) is 9.99. The maximum Gasteiger partial charge on any atom is 0.166 e. The van der Waals surface area contributed by atoms with Crippen LogP contribution in [0.2, 0.25) is 0 Å². The molecule has 1 atom stereocenters. The highest BCUT2D eigenvalue weighted by molar-refractivity contribution is 5.85. The van der Waals surface area contributed by atoms with Crippen LogP contribution in [-0.2, 0) is 25.9 Å². The van der Waals surface area contributed by atoms with Crippen LogP contribution < -0.4 is 9.64 Å². The number of anilines is 1. The van der Waals surface area contributed by atoms with Gasteiger partial charge in [-0.3, -0.25) is 4.90 Å². The van der Waals surface area contributed by atoms with E-state index in [-0.39, 0.29) is 11.8 Å². The Hall–Kier alpha value is -3.76. The maximum atomic E-state index is 11.4. The Kier molecular flexibility index (Phi) is 5.90. The van der Waals surface area contributed by atoms with Gasteiger partial charge in [0.1, 0.15) is 0 Å². The normalized spacial score (nSPS) is 16.2. The highest BCUT2D eigenvalue weighted by Crippen LogP contribution is 2.52. The third kappa shape index (κ3) is 4.02. The van der Waals surface area contributed by atoms with Crippen molar-refractivity contribution in [2.75, 3.05) is 25.6 Å². The van der Waals surface area contributed by atoms with E-state index in [4.69, 9.17) is 4.74 Å². The molecule has 4 heteroatoms. The summed E-state index contributed by atoms with van der Waals surface area (Å²) >= 11 is 0. The van der Waals surface area contributed by atoms with Crippen LogP contribution in [0.1, 0.15) is 33.9 Å². The molecular formula is C32H32N2O2. The molecule has 0 bridgehead atoms. The van der Waals surface area contributed by atoms with Gasteiger partial charge in [-0.25, -0.2) is 0 Å². The molecule has 4 aromatic carbocycles. The van der Waals surface area contributed by atoms with E-state index in [9.17, 15) is 5.11 Å². The minimum Gasteiger partial charge on any atom is -0.504 e.